The molecule has 0 bridgehead atoms. The van der Waals surface area contributed by atoms with Crippen LogP contribution in [0.3, 0.4) is 0 Å². The van der Waals surface area contributed by atoms with Crippen LogP contribution in [0.4, 0.5) is 0 Å². The average molecular weight is 252 g/mol. The van der Waals surface area contributed by atoms with Crippen LogP contribution in [0.1, 0.15) is 44.1 Å². The zero-order chi connectivity index (χ0) is 13.1. The molecule has 18 heavy (non-hydrogen) atoms. The summed E-state index contributed by atoms with van der Waals surface area (Å²) in [5.41, 5.74) is 0.919. The molecule has 0 aliphatic carbocycles. The molecule has 0 radical (unpaired) electrons. The summed E-state index contributed by atoms with van der Waals surface area (Å²) in [4.78, 5) is 13.7. The molecule has 0 spiro atoms. The highest BCUT2D eigenvalue weighted by Gasteiger charge is 2.27. The Morgan fingerprint density at radius 1 is 1.61 bits per heavy atom. The first-order valence-corrected chi connectivity index (χ1v) is 6.40. The van der Waals surface area contributed by atoms with E-state index in [1.165, 1.54) is 0 Å². The normalized spacial score (nSPS) is 19.4. The van der Waals surface area contributed by atoms with Crippen molar-refractivity contribution >= 4 is 5.91 Å². The van der Waals surface area contributed by atoms with Crippen molar-refractivity contribution in [3.05, 3.63) is 17.5 Å². The fraction of sp³-hybridized carbons (Fsp3) is 0.692. The molecule has 100 valence electrons. The van der Waals surface area contributed by atoms with E-state index in [-0.39, 0.29) is 12.0 Å². The number of aromatic nitrogens is 1. The molecule has 5 heteroatoms. The lowest BCUT2D eigenvalue weighted by Gasteiger charge is -2.18. The third-order valence-electron chi connectivity index (χ3n) is 3.14. The fourth-order valence-electron chi connectivity index (χ4n) is 2.01. The number of nitrogens with zero attached hydrogens (tertiary/aromatic N) is 2. The van der Waals surface area contributed by atoms with Crippen LogP contribution in [0.15, 0.2) is 10.6 Å². The zero-order valence-electron chi connectivity index (χ0n) is 11.2. The zero-order valence-corrected chi connectivity index (χ0v) is 11.2. The third kappa shape index (κ3) is 2.90. The van der Waals surface area contributed by atoms with Crippen molar-refractivity contribution < 1.29 is 14.1 Å². The van der Waals surface area contributed by atoms with Crippen LogP contribution in [-0.2, 0) is 16.1 Å². The monoisotopic (exact) mass is 252 g/mol. The molecule has 0 saturated carbocycles. The van der Waals surface area contributed by atoms with Crippen molar-refractivity contribution in [2.75, 3.05) is 13.7 Å². The van der Waals surface area contributed by atoms with Gasteiger partial charge < -0.3 is 14.2 Å². The predicted octanol–water partition coefficient (Wildman–Crippen LogP) is 1.94. The molecule has 1 aromatic rings. The maximum absolute atomic E-state index is 12.0. The minimum Gasteiger partial charge on any atom is -0.368 e. The number of carbonyl (C=O) groups is 1. The van der Waals surface area contributed by atoms with Crippen molar-refractivity contribution in [1.82, 2.24) is 10.1 Å². The van der Waals surface area contributed by atoms with Gasteiger partial charge in [-0.2, -0.15) is 0 Å². The molecule has 5 nitrogen and oxygen atoms in total. The van der Waals surface area contributed by atoms with Gasteiger partial charge in [-0.15, -0.1) is 0 Å². The summed E-state index contributed by atoms with van der Waals surface area (Å²) in [7, 11) is 1.77. The SMILES string of the molecule is CC(C)c1cc(CN(C)C(=O)[C@@H]2CCCO2)on1. The quantitative estimate of drug-likeness (QED) is 0.821. The Balaban J connectivity index is 1.93. The second kappa shape index (κ2) is 5.52. The van der Waals surface area contributed by atoms with E-state index in [1.807, 2.05) is 6.07 Å². The summed E-state index contributed by atoms with van der Waals surface area (Å²) in [5, 5.41) is 3.98. The molecule has 1 atom stereocenters. The summed E-state index contributed by atoms with van der Waals surface area (Å²) in [6.07, 6.45) is 1.50. The van der Waals surface area contributed by atoms with E-state index < -0.39 is 0 Å². The number of amides is 1. The summed E-state index contributed by atoms with van der Waals surface area (Å²) in [5.74, 6) is 1.07. The highest BCUT2D eigenvalue weighted by atomic mass is 16.5. The molecule has 0 unspecified atom stereocenters. The maximum Gasteiger partial charge on any atom is 0.251 e. The van der Waals surface area contributed by atoms with Crippen molar-refractivity contribution in [2.45, 2.75) is 45.3 Å². The molecule has 0 N–H and O–H groups in total. The number of ether oxygens (including phenoxy) is 1. The van der Waals surface area contributed by atoms with Gasteiger partial charge in [0.25, 0.3) is 5.91 Å². The summed E-state index contributed by atoms with van der Waals surface area (Å²) in [6.45, 7) is 5.24. The third-order valence-corrected chi connectivity index (χ3v) is 3.14. The van der Waals surface area contributed by atoms with Crippen LogP contribution in [0, 0.1) is 0 Å². The molecule has 2 heterocycles. The molecule has 1 aliphatic heterocycles. The van der Waals surface area contributed by atoms with Gasteiger partial charge in [-0.3, -0.25) is 4.79 Å². The Kier molecular flexibility index (Phi) is 4.01. The van der Waals surface area contributed by atoms with Crippen molar-refractivity contribution in [1.29, 1.82) is 0 Å². The minimum atomic E-state index is -0.275. The topological polar surface area (TPSA) is 55.6 Å². The Labute approximate surface area is 107 Å². The predicted molar refractivity (Wildman–Crippen MR) is 66.0 cm³/mol. The minimum absolute atomic E-state index is 0.0231. The summed E-state index contributed by atoms with van der Waals surface area (Å²) < 4.78 is 10.6. The summed E-state index contributed by atoms with van der Waals surface area (Å²) in [6, 6.07) is 1.91. The molecular formula is C13H20N2O3. The molecule has 0 aromatic carbocycles. The molecule has 1 amide bonds. The maximum atomic E-state index is 12.0. The van der Waals surface area contributed by atoms with Crippen molar-refractivity contribution in [2.24, 2.45) is 0 Å². The Morgan fingerprint density at radius 2 is 2.39 bits per heavy atom. The Morgan fingerprint density at radius 3 is 2.94 bits per heavy atom. The highest BCUT2D eigenvalue weighted by molar-refractivity contribution is 5.80. The van der Waals surface area contributed by atoms with E-state index in [2.05, 4.69) is 19.0 Å². The van der Waals surface area contributed by atoms with Crippen LogP contribution < -0.4 is 0 Å². The van der Waals surface area contributed by atoms with Crippen LogP contribution >= 0.6 is 0 Å². The number of hydrogen-bond acceptors (Lipinski definition) is 4. The van der Waals surface area contributed by atoms with Crippen molar-refractivity contribution in [3.63, 3.8) is 0 Å². The molecule has 1 fully saturated rings. The Hall–Kier alpha value is -1.36. The largest absolute Gasteiger partial charge is 0.368 e. The van der Waals surface area contributed by atoms with Gasteiger partial charge in [0.1, 0.15) is 6.10 Å². The lowest BCUT2D eigenvalue weighted by molar-refractivity contribution is -0.140. The summed E-state index contributed by atoms with van der Waals surface area (Å²) >= 11 is 0. The van der Waals surface area contributed by atoms with Gasteiger partial charge >= 0.3 is 0 Å². The molecule has 1 aromatic heterocycles. The standard InChI is InChI=1S/C13H20N2O3/c1-9(2)11-7-10(18-14-11)8-15(3)13(16)12-5-4-6-17-12/h7,9,12H,4-6,8H2,1-3H3/t12-/m0/s1. The number of hydrogen-bond donors (Lipinski definition) is 0. The lowest BCUT2D eigenvalue weighted by Crippen LogP contribution is -2.35. The average Bonchev–Trinajstić information content (AvgIpc) is 2.98. The first-order chi connectivity index (χ1) is 8.58. The molecular weight excluding hydrogens is 232 g/mol. The lowest BCUT2D eigenvalue weighted by atomic mass is 10.1. The van der Waals surface area contributed by atoms with E-state index in [0.717, 1.165) is 18.5 Å². The second-order valence-electron chi connectivity index (χ2n) is 5.07. The first kappa shape index (κ1) is 13.1. The van der Waals surface area contributed by atoms with Crippen LogP contribution in [0.25, 0.3) is 0 Å². The number of rotatable bonds is 4. The van der Waals surface area contributed by atoms with Gasteiger partial charge in [0.05, 0.1) is 12.2 Å². The van der Waals surface area contributed by atoms with E-state index in [9.17, 15) is 4.79 Å². The fourth-order valence-corrected chi connectivity index (χ4v) is 2.01. The van der Waals surface area contributed by atoms with Crippen LogP contribution in [0.5, 0.6) is 0 Å². The number of likely N-dealkylation sites (N-methyl/N-ethyl adjacent to an activating group) is 1. The highest BCUT2D eigenvalue weighted by Crippen LogP contribution is 2.17. The van der Waals surface area contributed by atoms with E-state index in [4.69, 9.17) is 9.26 Å². The Bertz CT molecular complexity index is 408. The van der Waals surface area contributed by atoms with Crippen LogP contribution in [0.2, 0.25) is 0 Å². The van der Waals surface area contributed by atoms with Crippen molar-refractivity contribution in [3.8, 4) is 0 Å². The van der Waals surface area contributed by atoms with Gasteiger partial charge in [0.15, 0.2) is 5.76 Å². The van der Waals surface area contributed by atoms with E-state index in [1.54, 1.807) is 11.9 Å². The van der Waals surface area contributed by atoms with Crippen LogP contribution in [-0.4, -0.2) is 35.7 Å². The molecule has 2 rings (SSSR count). The smallest absolute Gasteiger partial charge is 0.251 e. The van der Waals surface area contributed by atoms with Gasteiger partial charge in [-0.05, 0) is 18.8 Å². The van der Waals surface area contributed by atoms with E-state index >= 15 is 0 Å². The van der Waals surface area contributed by atoms with Gasteiger partial charge in [-0.1, -0.05) is 19.0 Å². The van der Waals surface area contributed by atoms with E-state index in [0.29, 0.717) is 24.8 Å². The first-order valence-electron chi connectivity index (χ1n) is 6.40. The second-order valence-corrected chi connectivity index (χ2v) is 5.07. The number of carbonyl (C=O) groups excluding carboxylic acids is 1. The molecule has 1 saturated heterocycles. The van der Waals surface area contributed by atoms with Gasteiger partial charge in [0, 0.05) is 19.7 Å². The van der Waals surface area contributed by atoms with Gasteiger partial charge in [0.2, 0.25) is 0 Å². The van der Waals surface area contributed by atoms with Gasteiger partial charge in [-0.25, -0.2) is 0 Å². The molecule has 1 aliphatic rings.